The maximum absolute atomic E-state index is 12.2. The number of nitrogens with one attached hydrogen (secondary N) is 1. The summed E-state index contributed by atoms with van der Waals surface area (Å²) in [5, 5.41) is 2.84. The lowest BCUT2D eigenvalue weighted by molar-refractivity contribution is -0.135. The molecule has 1 saturated heterocycles. The van der Waals surface area contributed by atoms with Gasteiger partial charge in [-0.25, -0.2) is 4.39 Å². The van der Waals surface area contributed by atoms with Crippen LogP contribution in [0.3, 0.4) is 0 Å². The second kappa shape index (κ2) is 7.57. The maximum Gasteiger partial charge on any atom is 0.223 e. The lowest BCUT2D eigenvalue weighted by Crippen LogP contribution is -2.49. The molecule has 0 aromatic rings. The van der Waals surface area contributed by atoms with E-state index in [1.807, 2.05) is 25.7 Å². The van der Waals surface area contributed by atoms with Gasteiger partial charge in [0.05, 0.1) is 0 Å². The minimum Gasteiger partial charge on any atom is -0.351 e. The van der Waals surface area contributed by atoms with Crippen molar-refractivity contribution in [3.63, 3.8) is 0 Å². The van der Waals surface area contributed by atoms with Crippen molar-refractivity contribution in [2.45, 2.75) is 39.2 Å². The van der Waals surface area contributed by atoms with E-state index in [1.165, 1.54) is 0 Å². The first-order chi connectivity index (χ1) is 9.31. The number of rotatable bonds is 5. The molecule has 5 nitrogen and oxygen atoms in total. The summed E-state index contributed by atoms with van der Waals surface area (Å²) >= 11 is 0. The summed E-state index contributed by atoms with van der Waals surface area (Å²) in [4.78, 5) is 27.4. The van der Waals surface area contributed by atoms with Crippen LogP contribution in [-0.4, -0.2) is 66.6 Å². The first-order valence-electron chi connectivity index (χ1n) is 7.19. The number of hydrogen-bond acceptors (Lipinski definition) is 3. The van der Waals surface area contributed by atoms with Crippen LogP contribution < -0.4 is 5.32 Å². The second-order valence-corrected chi connectivity index (χ2v) is 6.21. The molecule has 1 aliphatic rings. The fraction of sp³-hybridized carbons (Fsp3) is 0.857. The zero-order chi connectivity index (χ0) is 15.2. The van der Waals surface area contributed by atoms with Gasteiger partial charge in [-0.3, -0.25) is 14.5 Å². The molecule has 1 N–H and O–H groups in total. The summed E-state index contributed by atoms with van der Waals surface area (Å²) in [6.45, 7) is 8.51. The molecule has 0 atom stereocenters. The van der Waals surface area contributed by atoms with Crippen LogP contribution in [0.15, 0.2) is 0 Å². The molecule has 0 aromatic heterocycles. The van der Waals surface area contributed by atoms with Gasteiger partial charge in [0.2, 0.25) is 11.8 Å². The van der Waals surface area contributed by atoms with Crippen molar-refractivity contribution in [3.05, 3.63) is 0 Å². The third-order valence-corrected chi connectivity index (χ3v) is 3.21. The minimum atomic E-state index is -0.346. The van der Waals surface area contributed by atoms with Crippen LogP contribution in [0.5, 0.6) is 0 Å². The van der Waals surface area contributed by atoms with Crippen molar-refractivity contribution in [1.29, 1.82) is 0 Å². The fourth-order valence-electron chi connectivity index (χ4n) is 2.20. The summed E-state index contributed by atoms with van der Waals surface area (Å²) in [5.74, 6) is -0.0872. The van der Waals surface area contributed by atoms with Crippen molar-refractivity contribution in [3.8, 4) is 0 Å². The molecule has 6 heteroatoms. The van der Waals surface area contributed by atoms with Crippen molar-refractivity contribution in [2.75, 3.05) is 39.4 Å². The number of carbonyl (C=O) groups excluding carboxylic acids is 2. The van der Waals surface area contributed by atoms with Crippen LogP contribution in [0.2, 0.25) is 0 Å². The molecule has 0 radical (unpaired) electrons. The van der Waals surface area contributed by atoms with E-state index in [1.54, 1.807) is 4.90 Å². The van der Waals surface area contributed by atoms with Crippen LogP contribution in [0.4, 0.5) is 4.39 Å². The Morgan fingerprint density at radius 1 is 1.10 bits per heavy atom. The normalized spacial score (nSPS) is 17.1. The van der Waals surface area contributed by atoms with Crippen molar-refractivity contribution < 1.29 is 14.0 Å². The minimum absolute atomic E-state index is 0.00829. The van der Waals surface area contributed by atoms with E-state index in [9.17, 15) is 14.0 Å². The highest BCUT2D eigenvalue weighted by molar-refractivity contribution is 5.84. The monoisotopic (exact) mass is 287 g/mol. The first-order valence-corrected chi connectivity index (χ1v) is 7.19. The van der Waals surface area contributed by atoms with E-state index in [0.717, 1.165) is 0 Å². The fourth-order valence-corrected chi connectivity index (χ4v) is 2.20. The number of halogens is 1. The van der Waals surface area contributed by atoms with Gasteiger partial charge in [0.15, 0.2) is 0 Å². The lowest BCUT2D eigenvalue weighted by atomic mass is 10.1. The molecule has 0 saturated carbocycles. The van der Waals surface area contributed by atoms with Gasteiger partial charge >= 0.3 is 0 Å². The summed E-state index contributed by atoms with van der Waals surface area (Å²) in [5.41, 5.74) is -0.266. The van der Waals surface area contributed by atoms with Gasteiger partial charge in [-0.2, -0.15) is 0 Å². The van der Waals surface area contributed by atoms with E-state index in [0.29, 0.717) is 32.7 Å². The Labute approximate surface area is 120 Å². The molecular formula is C14H26FN3O2. The molecule has 20 heavy (non-hydrogen) atoms. The topological polar surface area (TPSA) is 52.7 Å². The number of carbonyl (C=O) groups is 2. The highest BCUT2D eigenvalue weighted by Gasteiger charge is 2.21. The molecule has 1 aliphatic heterocycles. The van der Waals surface area contributed by atoms with E-state index in [-0.39, 0.29) is 36.9 Å². The molecule has 1 fully saturated rings. The van der Waals surface area contributed by atoms with Crippen molar-refractivity contribution >= 4 is 11.8 Å². The zero-order valence-electron chi connectivity index (χ0n) is 12.7. The molecule has 0 aromatic carbocycles. The van der Waals surface area contributed by atoms with Gasteiger partial charge in [-0.05, 0) is 20.8 Å². The average molecular weight is 287 g/mol. The maximum atomic E-state index is 12.2. The van der Waals surface area contributed by atoms with Gasteiger partial charge in [0.25, 0.3) is 0 Å². The molecule has 0 bridgehead atoms. The van der Waals surface area contributed by atoms with E-state index in [2.05, 4.69) is 5.32 Å². The number of nitrogens with zero attached hydrogens (tertiary/aromatic N) is 2. The number of amides is 2. The Balaban J connectivity index is 2.25. The Bertz CT molecular complexity index is 334. The van der Waals surface area contributed by atoms with Crippen LogP contribution >= 0.6 is 0 Å². The summed E-state index contributed by atoms with van der Waals surface area (Å²) in [7, 11) is 0. The van der Waals surface area contributed by atoms with Crippen LogP contribution in [0.1, 0.15) is 33.6 Å². The molecule has 0 unspecified atom stereocenters. The molecule has 1 heterocycles. The first kappa shape index (κ1) is 16.9. The standard InChI is InChI=1S/C14H26FN3O2/c1-14(2,3)16-12(19)4-5-13(20)18-10-8-17(7-6-15)9-11-18/h4-11H2,1-3H3,(H,16,19). The van der Waals surface area contributed by atoms with Gasteiger partial charge in [0, 0.05) is 51.1 Å². The Morgan fingerprint density at radius 2 is 1.70 bits per heavy atom. The summed E-state index contributed by atoms with van der Waals surface area (Å²) in [6.07, 6.45) is 0.464. The lowest BCUT2D eigenvalue weighted by Gasteiger charge is -2.34. The second-order valence-electron chi connectivity index (χ2n) is 6.21. The SMILES string of the molecule is CC(C)(C)NC(=O)CCC(=O)N1CCN(CCF)CC1. The molecule has 2 amide bonds. The summed E-state index contributed by atoms with van der Waals surface area (Å²) in [6, 6.07) is 0. The predicted molar refractivity (Wildman–Crippen MR) is 76.1 cm³/mol. The van der Waals surface area contributed by atoms with E-state index in [4.69, 9.17) is 0 Å². The van der Waals surface area contributed by atoms with E-state index >= 15 is 0 Å². The largest absolute Gasteiger partial charge is 0.351 e. The quantitative estimate of drug-likeness (QED) is 0.813. The van der Waals surface area contributed by atoms with Crippen LogP contribution in [0, 0.1) is 0 Å². The Kier molecular flexibility index (Phi) is 6.39. The van der Waals surface area contributed by atoms with E-state index < -0.39 is 0 Å². The molecule has 1 rings (SSSR count). The Hall–Kier alpha value is -1.17. The molecular weight excluding hydrogens is 261 g/mol. The highest BCUT2D eigenvalue weighted by atomic mass is 19.1. The third kappa shape index (κ3) is 6.32. The molecule has 116 valence electrons. The number of piperazine rings is 1. The predicted octanol–water partition coefficient (Wildman–Crippen LogP) is 0.795. The molecule has 0 aliphatic carbocycles. The smallest absolute Gasteiger partial charge is 0.223 e. The van der Waals surface area contributed by atoms with Crippen LogP contribution in [0.25, 0.3) is 0 Å². The number of alkyl halides is 1. The zero-order valence-corrected chi connectivity index (χ0v) is 12.7. The van der Waals surface area contributed by atoms with Gasteiger partial charge < -0.3 is 10.2 Å². The third-order valence-electron chi connectivity index (χ3n) is 3.21. The van der Waals surface area contributed by atoms with Crippen molar-refractivity contribution in [2.24, 2.45) is 0 Å². The summed E-state index contributed by atoms with van der Waals surface area (Å²) < 4.78 is 12.2. The van der Waals surface area contributed by atoms with Crippen molar-refractivity contribution in [1.82, 2.24) is 15.1 Å². The molecule has 0 spiro atoms. The highest BCUT2D eigenvalue weighted by Crippen LogP contribution is 2.06. The van der Waals surface area contributed by atoms with Gasteiger partial charge in [-0.1, -0.05) is 0 Å². The average Bonchev–Trinajstić information content (AvgIpc) is 2.35. The van der Waals surface area contributed by atoms with Gasteiger partial charge in [-0.15, -0.1) is 0 Å². The number of hydrogen-bond donors (Lipinski definition) is 1. The Morgan fingerprint density at radius 3 is 2.20 bits per heavy atom. The van der Waals surface area contributed by atoms with Gasteiger partial charge in [0.1, 0.15) is 6.67 Å². The van der Waals surface area contributed by atoms with Crippen LogP contribution in [-0.2, 0) is 9.59 Å².